The number of rotatable bonds is 3. The second-order valence-electron chi connectivity index (χ2n) is 5.78. The topological polar surface area (TPSA) is 64.6 Å². The van der Waals surface area contributed by atoms with Gasteiger partial charge in [0.1, 0.15) is 5.75 Å². The fraction of sp³-hybridized carbons (Fsp3) is 0.222. The Morgan fingerprint density at radius 1 is 1.25 bits per heavy atom. The van der Waals surface area contributed by atoms with Crippen molar-refractivity contribution in [1.29, 1.82) is 0 Å². The Bertz CT molecular complexity index is 803. The van der Waals surface area contributed by atoms with Crippen LogP contribution in [0.4, 0.5) is 5.69 Å². The van der Waals surface area contributed by atoms with Crippen LogP contribution in [-0.2, 0) is 16.0 Å². The van der Waals surface area contributed by atoms with Gasteiger partial charge in [0.15, 0.2) is 5.60 Å². The van der Waals surface area contributed by atoms with Crippen LogP contribution in [0.25, 0.3) is 0 Å². The Morgan fingerprint density at radius 2 is 1.96 bits per heavy atom. The molecule has 3 rings (SSSR count). The molecule has 1 atom stereocenters. The van der Waals surface area contributed by atoms with Crippen molar-refractivity contribution in [3.05, 3.63) is 58.6 Å². The Morgan fingerprint density at radius 3 is 2.62 bits per heavy atom. The van der Waals surface area contributed by atoms with Crippen LogP contribution in [0.15, 0.2) is 42.5 Å². The van der Waals surface area contributed by atoms with E-state index < -0.39 is 17.5 Å². The van der Waals surface area contributed by atoms with Crippen LogP contribution in [0.3, 0.4) is 0 Å². The molecule has 0 saturated carbocycles. The third-order valence-electron chi connectivity index (χ3n) is 3.96. The minimum atomic E-state index is -1.30. The van der Waals surface area contributed by atoms with Crippen LogP contribution < -0.4 is 10.1 Å². The molecule has 2 aromatic carbocycles. The van der Waals surface area contributed by atoms with Gasteiger partial charge in [-0.15, -0.1) is 0 Å². The number of ether oxygens (including phenoxy) is 2. The molecule has 0 fully saturated rings. The van der Waals surface area contributed by atoms with Gasteiger partial charge in [-0.2, -0.15) is 0 Å². The van der Waals surface area contributed by atoms with Crippen molar-refractivity contribution in [3.8, 4) is 5.75 Å². The first-order chi connectivity index (χ1) is 11.4. The molecule has 5 nitrogen and oxygen atoms in total. The number of carbonyl (C=O) groups is 2. The Kier molecular flexibility index (Phi) is 4.20. The van der Waals surface area contributed by atoms with E-state index in [9.17, 15) is 9.59 Å². The smallest absolute Gasteiger partial charge is 0.339 e. The highest BCUT2D eigenvalue weighted by atomic mass is 35.5. The maximum absolute atomic E-state index is 12.6. The molecule has 1 aliphatic rings. The number of methoxy groups -OCH3 is 1. The SMILES string of the molecule is COc1ccc(NC(=O)[C@]2(C)Cc3cc(Cl)ccc3C(=O)O2)cc1. The molecule has 0 aromatic heterocycles. The van der Waals surface area contributed by atoms with Crippen LogP contribution in [0.5, 0.6) is 5.75 Å². The summed E-state index contributed by atoms with van der Waals surface area (Å²) in [5, 5.41) is 3.28. The number of benzene rings is 2. The normalized spacial score (nSPS) is 19.2. The Labute approximate surface area is 144 Å². The first-order valence-electron chi connectivity index (χ1n) is 7.38. The number of anilines is 1. The molecule has 0 spiro atoms. The quantitative estimate of drug-likeness (QED) is 0.865. The van der Waals surface area contributed by atoms with Crippen molar-refractivity contribution in [2.24, 2.45) is 0 Å². The van der Waals surface area contributed by atoms with E-state index in [0.717, 1.165) is 0 Å². The summed E-state index contributed by atoms with van der Waals surface area (Å²) in [4.78, 5) is 24.8. The van der Waals surface area contributed by atoms with Crippen LogP contribution in [0, 0.1) is 0 Å². The van der Waals surface area contributed by atoms with Gasteiger partial charge in [-0.1, -0.05) is 11.6 Å². The molecule has 0 aliphatic carbocycles. The van der Waals surface area contributed by atoms with Gasteiger partial charge in [-0.05, 0) is 55.0 Å². The molecular formula is C18H16ClNO4. The van der Waals surface area contributed by atoms with Gasteiger partial charge in [0.25, 0.3) is 5.91 Å². The monoisotopic (exact) mass is 345 g/mol. The molecule has 0 bridgehead atoms. The zero-order valence-electron chi connectivity index (χ0n) is 13.3. The average molecular weight is 346 g/mol. The number of esters is 1. The minimum absolute atomic E-state index is 0.261. The molecule has 1 amide bonds. The van der Waals surface area contributed by atoms with Crippen LogP contribution in [0.2, 0.25) is 5.02 Å². The average Bonchev–Trinajstić information content (AvgIpc) is 2.55. The third kappa shape index (κ3) is 3.08. The molecule has 2 aromatic rings. The van der Waals surface area contributed by atoms with Crippen molar-refractivity contribution in [1.82, 2.24) is 0 Å². The minimum Gasteiger partial charge on any atom is -0.497 e. The second kappa shape index (κ2) is 6.17. The highest BCUT2D eigenvalue weighted by molar-refractivity contribution is 6.30. The van der Waals surface area contributed by atoms with Gasteiger partial charge in [0.2, 0.25) is 0 Å². The van der Waals surface area contributed by atoms with Crippen molar-refractivity contribution in [2.45, 2.75) is 18.9 Å². The van der Waals surface area contributed by atoms with Gasteiger partial charge >= 0.3 is 5.97 Å². The van der Waals surface area contributed by atoms with Gasteiger partial charge in [-0.25, -0.2) is 4.79 Å². The predicted octanol–water partition coefficient (Wildman–Crippen LogP) is 3.46. The molecule has 24 heavy (non-hydrogen) atoms. The van der Waals surface area contributed by atoms with E-state index in [-0.39, 0.29) is 6.42 Å². The van der Waals surface area contributed by atoms with Gasteiger partial charge < -0.3 is 14.8 Å². The lowest BCUT2D eigenvalue weighted by atomic mass is 9.89. The third-order valence-corrected chi connectivity index (χ3v) is 4.20. The number of carbonyl (C=O) groups excluding carboxylic acids is 2. The number of fused-ring (bicyclic) bond motifs is 1. The Balaban J connectivity index is 1.82. The van der Waals surface area contributed by atoms with E-state index in [1.54, 1.807) is 56.5 Å². The fourth-order valence-electron chi connectivity index (χ4n) is 2.63. The molecule has 1 heterocycles. The van der Waals surface area contributed by atoms with Crippen LogP contribution in [-0.4, -0.2) is 24.6 Å². The summed E-state index contributed by atoms with van der Waals surface area (Å²) in [6.07, 6.45) is 0.261. The van der Waals surface area contributed by atoms with Crippen molar-refractivity contribution in [3.63, 3.8) is 0 Å². The number of halogens is 1. The summed E-state index contributed by atoms with van der Waals surface area (Å²) >= 11 is 5.99. The van der Waals surface area contributed by atoms with Gasteiger partial charge in [-0.3, -0.25) is 4.79 Å². The fourth-order valence-corrected chi connectivity index (χ4v) is 2.83. The van der Waals surface area contributed by atoms with E-state index in [1.165, 1.54) is 0 Å². The Hall–Kier alpha value is -2.53. The van der Waals surface area contributed by atoms with E-state index in [2.05, 4.69) is 5.32 Å². The lowest BCUT2D eigenvalue weighted by Crippen LogP contribution is -2.48. The maximum atomic E-state index is 12.6. The first-order valence-corrected chi connectivity index (χ1v) is 7.76. The van der Waals surface area contributed by atoms with Gasteiger partial charge in [0, 0.05) is 17.1 Å². The molecule has 0 unspecified atom stereocenters. The number of hydrogen-bond donors (Lipinski definition) is 1. The lowest BCUT2D eigenvalue weighted by molar-refractivity contribution is -0.134. The summed E-state index contributed by atoms with van der Waals surface area (Å²) in [5.41, 5.74) is 0.435. The number of nitrogens with one attached hydrogen (secondary N) is 1. The molecule has 1 aliphatic heterocycles. The molecule has 0 radical (unpaired) electrons. The predicted molar refractivity (Wildman–Crippen MR) is 90.6 cm³/mol. The molecule has 6 heteroatoms. The number of cyclic esters (lactones) is 1. The molecule has 124 valence electrons. The largest absolute Gasteiger partial charge is 0.497 e. The van der Waals surface area contributed by atoms with E-state index in [4.69, 9.17) is 21.1 Å². The molecular weight excluding hydrogens is 330 g/mol. The highest BCUT2D eigenvalue weighted by Gasteiger charge is 2.42. The summed E-state index contributed by atoms with van der Waals surface area (Å²) in [5.74, 6) is -0.237. The van der Waals surface area contributed by atoms with Crippen LogP contribution >= 0.6 is 11.6 Å². The highest BCUT2D eigenvalue weighted by Crippen LogP contribution is 2.31. The zero-order chi connectivity index (χ0) is 17.3. The van der Waals surface area contributed by atoms with E-state index in [1.807, 2.05) is 0 Å². The second-order valence-corrected chi connectivity index (χ2v) is 6.22. The zero-order valence-corrected chi connectivity index (χ0v) is 14.0. The maximum Gasteiger partial charge on any atom is 0.339 e. The van der Waals surface area contributed by atoms with Crippen molar-refractivity contribution in [2.75, 3.05) is 12.4 Å². The standard InChI is InChI=1S/C18H16ClNO4/c1-18(17(22)20-13-4-6-14(23-2)7-5-13)10-11-9-12(19)3-8-15(11)16(21)24-18/h3-9H,10H2,1-2H3,(H,20,22)/t18-/m0/s1. The van der Waals surface area contributed by atoms with E-state index >= 15 is 0 Å². The van der Waals surface area contributed by atoms with Crippen LogP contribution in [0.1, 0.15) is 22.8 Å². The summed E-state index contributed by atoms with van der Waals surface area (Å²) in [6.45, 7) is 1.59. The van der Waals surface area contributed by atoms with Crippen molar-refractivity contribution < 1.29 is 19.1 Å². The molecule has 0 saturated heterocycles. The lowest BCUT2D eigenvalue weighted by Gasteiger charge is -2.33. The number of hydrogen-bond acceptors (Lipinski definition) is 4. The van der Waals surface area contributed by atoms with E-state index in [0.29, 0.717) is 27.6 Å². The summed E-state index contributed by atoms with van der Waals surface area (Å²) in [7, 11) is 1.57. The molecule has 1 N–H and O–H groups in total. The summed E-state index contributed by atoms with van der Waals surface area (Å²) in [6, 6.07) is 11.8. The number of amides is 1. The van der Waals surface area contributed by atoms with Gasteiger partial charge in [0.05, 0.1) is 12.7 Å². The summed E-state index contributed by atoms with van der Waals surface area (Å²) < 4.78 is 10.5. The first kappa shape index (κ1) is 16.3. The van der Waals surface area contributed by atoms with Crippen molar-refractivity contribution >= 4 is 29.2 Å².